The maximum atomic E-state index is 12.1. The van der Waals surface area contributed by atoms with Gasteiger partial charge in [0.25, 0.3) is 5.91 Å². The second-order valence-electron chi connectivity index (χ2n) is 6.81. The van der Waals surface area contributed by atoms with E-state index in [2.05, 4.69) is 15.6 Å². The molecule has 0 unspecified atom stereocenters. The zero-order chi connectivity index (χ0) is 21.1. The van der Waals surface area contributed by atoms with Crippen molar-refractivity contribution < 1.29 is 9.53 Å². The second-order valence-corrected chi connectivity index (χ2v) is 6.81. The first-order chi connectivity index (χ1) is 14.0. The number of aliphatic imine (C=N–C) groups is 1. The number of ether oxygens (including phenoxy) is 1. The molecule has 1 amide bonds. The molecule has 0 aliphatic carbocycles. The van der Waals surface area contributed by atoms with Crippen molar-refractivity contribution in [1.82, 2.24) is 15.5 Å². The molecule has 0 aromatic heterocycles. The molecule has 2 aromatic rings. The number of nitrogens with one attached hydrogen (secondary N) is 2. The number of carbonyl (C=O) groups is 1. The van der Waals surface area contributed by atoms with E-state index in [1.807, 2.05) is 62.4 Å². The van der Waals surface area contributed by atoms with Gasteiger partial charge in [-0.05, 0) is 44.0 Å². The van der Waals surface area contributed by atoms with Crippen molar-refractivity contribution >= 4 is 11.9 Å². The molecule has 0 saturated carbocycles. The van der Waals surface area contributed by atoms with Crippen molar-refractivity contribution in [3.8, 4) is 5.75 Å². The summed E-state index contributed by atoms with van der Waals surface area (Å²) in [4.78, 5) is 18.4. The van der Waals surface area contributed by atoms with Gasteiger partial charge in [-0.15, -0.1) is 0 Å². The first-order valence-electron chi connectivity index (χ1n) is 10.1. The van der Waals surface area contributed by atoms with Crippen molar-refractivity contribution in [3.05, 3.63) is 65.2 Å². The summed E-state index contributed by atoms with van der Waals surface area (Å²) >= 11 is 0. The highest BCUT2D eigenvalue weighted by Crippen LogP contribution is 2.18. The lowest BCUT2D eigenvalue weighted by atomic mass is 10.1. The molecule has 0 bridgehead atoms. The van der Waals surface area contributed by atoms with E-state index in [1.165, 1.54) is 0 Å². The van der Waals surface area contributed by atoms with Gasteiger partial charge in [0.15, 0.2) is 5.96 Å². The molecule has 2 aromatic carbocycles. The smallest absolute Gasteiger partial charge is 0.253 e. The van der Waals surface area contributed by atoms with Crippen LogP contribution in [0, 0.1) is 0 Å². The third-order valence-corrected chi connectivity index (χ3v) is 4.31. The molecule has 0 saturated heterocycles. The Labute approximate surface area is 174 Å². The molecule has 29 heavy (non-hydrogen) atoms. The quantitative estimate of drug-likeness (QED) is 0.505. The summed E-state index contributed by atoms with van der Waals surface area (Å²) in [6.07, 6.45) is 0.800. The number of guanidine groups is 1. The zero-order valence-electron chi connectivity index (χ0n) is 17.9. The summed E-state index contributed by atoms with van der Waals surface area (Å²) in [6.45, 7) is 6.70. The normalized spacial score (nSPS) is 11.1. The third kappa shape index (κ3) is 7.14. The van der Waals surface area contributed by atoms with E-state index in [0.717, 1.165) is 42.3 Å². The SMILES string of the molecule is CCNC(=NCc1ccccc1OCC)NCCc1cccc(C(=O)N(C)C)c1. The molecule has 2 N–H and O–H groups in total. The lowest BCUT2D eigenvalue weighted by Gasteiger charge is -2.13. The first kappa shape index (κ1) is 22.3. The minimum Gasteiger partial charge on any atom is -0.494 e. The van der Waals surface area contributed by atoms with Crippen LogP contribution in [-0.4, -0.2) is 50.6 Å². The van der Waals surface area contributed by atoms with Gasteiger partial charge >= 0.3 is 0 Å². The van der Waals surface area contributed by atoms with Crippen LogP contribution >= 0.6 is 0 Å². The van der Waals surface area contributed by atoms with E-state index in [-0.39, 0.29) is 5.91 Å². The fraction of sp³-hybridized carbons (Fsp3) is 0.391. The molecule has 6 nitrogen and oxygen atoms in total. The van der Waals surface area contributed by atoms with Gasteiger partial charge in [0.2, 0.25) is 0 Å². The van der Waals surface area contributed by atoms with Gasteiger partial charge in [-0.1, -0.05) is 30.3 Å². The van der Waals surface area contributed by atoms with Crippen LogP contribution in [0.4, 0.5) is 0 Å². The number of hydrogen-bond acceptors (Lipinski definition) is 3. The van der Waals surface area contributed by atoms with E-state index in [1.54, 1.807) is 19.0 Å². The minimum atomic E-state index is 0.0164. The molecular formula is C23H32N4O2. The molecule has 0 aliphatic rings. The Bertz CT molecular complexity index is 818. The van der Waals surface area contributed by atoms with E-state index in [0.29, 0.717) is 18.7 Å². The number of para-hydroxylation sites is 1. The van der Waals surface area contributed by atoms with Crippen molar-refractivity contribution in [2.45, 2.75) is 26.8 Å². The largest absolute Gasteiger partial charge is 0.494 e. The van der Waals surface area contributed by atoms with E-state index in [9.17, 15) is 4.79 Å². The van der Waals surface area contributed by atoms with Gasteiger partial charge in [0.1, 0.15) is 5.75 Å². The van der Waals surface area contributed by atoms with Gasteiger partial charge < -0.3 is 20.3 Å². The molecule has 156 valence electrons. The van der Waals surface area contributed by atoms with Crippen LogP contribution in [0.5, 0.6) is 5.75 Å². The average molecular weight is 397 g/mol. The lowest BCUT2D eigenvalue weighted by molar-refractivity contribution is 0.0827. The van der Waals surface area contributed by atoms with Crippen LogP contribution in [0.25, 0.3) is 0 Å². The fourth-order valence-corrected chi connectivity index (χ4v) is 2.88. The molecule has 2 rings (SSSR count). The standard InChI is InChI=1S/C23H32N4O2/c1-5-24-23(26-17-20-11-7-8-13-21(20)29-6-2)25-15-14-18-10-9-12-19(16-18)22(28)27(3)4/h7-13,16H,5-6,14-15,17H2,1-4H3,(H2,24,25,26). The maximum Gasteiger partial charge on any atom is 0.253 e. The molecule has 0 heterocycles. The highest BCUT2D eigenvalue weighted by atomic mass is 16.5. The fourth-order valence-electron chi connectivity index (χ4n) is 2.88. The second kappa shape index (κ2) is 11.7. The molecule has 0 atom stereocenters. The van der Waals surface area contributed by atoms with Crippen LogP contribution in [0.2, 0.25) is 0 Å². The molecule has 0 aliphatic heterocycles. The van der Waals surface area contributed by atoms with Gasteiger partial charge in [-0.2, -0.15) is 0 Å². The van der Waals surface area contributed by atoms with Crippen LogP contribution in [0.15, 0.2) is 53.5 Å². The van der Waals surface area contributed by atoms with E-state index < -0.39 is 0 Å². The molecule has 0 radical (unpaired) electrons. The number of hydrogen-bond donors (Lipinski definition) is 2. The summed E-state index contributed by atoms with van der Waals surface area (Å²) in [5.41, 5.74) is 2.88. The Balaban J connectivity index is 1.97. The highest BCUT2D eigenvalue weighted by molar-refractivity contribution is 5.94. The van der Waals surface area contributed by atoms with Crippen LogP contribution in [0.3, 0.4) is 0 Å². The lowest BCUT2D eigenvalue weighted by Crippen LogP contribution is -2.38. The van der Waals surface area contributed by atoms with Gasteiger partial charge in [0, 0.05) is 38.3 Å². The van der Waals surface area contributed by atoms with Gasteiger partial charge in [-0.25, -0.2) is 4.99 Å². The maximum absolute atomic E-state index is 12.1. The van der Waals surface area contributed by atoms with Crippen molar-refractivity contribution in [3.63, 3.8) is 0 Å². The number of nitrogens with zero attached hydrogens (tertiary/aromatic N) is 2. The number of carbonyl (C=O) groups excluding carboxylic acids is 1. The average Bonchev–Trinajstić information content (AvgIpc) is 2.72. The monoisotopic (exact) mass is 396 g/mol. The van der Waals surface area contributed by atoms with Crippen LogP contribution in [-0.2, 0) is 13.0 Å². The highest BCUT2D eigenvalue weighted by Gasteiger charge is 2.08. The van der Waals surface area contributed by atoms with Gasteiger partial charge in [0.05, 0.1) is 13.2 Å². The topological polar surface area (TPSA) is 66.0 Å². The molecular weight excluding hydrogens is 364 g/mol. The Morgan fingerprint density at radius 2 is 1.86 bits per heavy atom. The summed E-state index contributed by atoms with van der Waals surface area (Å²) in [6, 6.07) is 15.7. The molecule has 0 fully saturated rings. The van der Waals surface area contributed by atoms with Crippen LogP contribution < -0.4 is 15.4 Å². The van der Waals surface area contributed by atoms with Crippen molar-refractivity contribution in [2.24, 2.45) is 4.99 Å². The molecule has 6 heteroatoms. The summed E-state index contributed by atoms with van der Waals surface area (Å²) < 4.78 is 5.67. The predicted molar refractivity (Wildman–Crippen MR) is 119 cm³/mol. The predicted octanol–water partition coefficient (Wildman–Crippen LogP) is 3.08. The third-order valence-electron chi connectivity index (χ3n) is 4.31. The summed E-state index contributed by atoms with van der Waals surface area (Å²) in [5.74, 6) is 1.65. The number of rotatable bonds is 9. The van der Waals surface area contributed by atoms with Crippen LogP contribution in [0.1, 0.15) is 35.3 Å². The Morgan fingerprint density at radius 3 is 2.59 bits per heavy atom. The van der Waals surface area contributed by atoms with Crippen molar-refractivity contribution in [2.75, 3.05) is 33.8 Å². The van der Waals surface area contributed by atoms with E-state index in [4.69, 9.17) is 4.74 Å². The number of amides is 1. The first-order valence-corrected chi connectivity index (χ1v) is 10.1. The Morgan fingerprint density at radius 1 is 1.07 bits per heavy atom. The summed E-state index contributed by atoms with van der Waals surface area (Å²) in [7, 11) is 3.53. The van der Waals surface area contributed by atoms with Gasteiger partial charge in [-0.3, -0.25) is 4.79 Å². The van der Waals surface area contributed by atoms with E-state index >= 15 is 0 Å². The summed E-state index contributed by atoms with van der Waals surface area (Å²) in [5, 5.41) is 6.64. The number of benzene rings is 2. The minimum absolute atomic E-state index is 0.0164. The van der Waals surface area contributed by atoms with Crippen molar-refractivity contribution in [1.29, 1.82) is 0 Å². The Kier molecular flexibility index (Phi) is 9.02. The zero-order valence-corrected chi connectivity index (χ0v) is 17.9. The Hall–Kier alpha value is -3.02. The molecule has 0 spiro atoms.